The fourth-order valence-corrected chi connectivity index (χ4v) is 2.69. The van der Waals surface area contributed by atoms with Gasteiger partial charge in [-0.1, -0.05) is 19.8 Å². The maximum Gasteiger partial charge on any atom is 0.221 e. The van der Waals surface area contributed by atoms with Crippen molar-refractivity contribution in [3.05, 3.63) is 0 Å². The highest BCUT2D eigenvalue weighted by atomic mass is 32.2. The first-order valence-electron chi connectivity index (χ1n) is 6.11. The normalized spacial score (nSPS) is 25.5. The van der Waals surface area contributed by atoms with Gasteiger partial charge in [0, 0.05) is 19.0 Å². The molecule has 1 fully saturated rings. The van der Waals surface area contributed by atoms with Crippen LogP contribution in [-0.4, -0.2) is 33.2 Å². The SMILES string of the molecule is C[C@H]1CCC[C@@H](NC(=O)CCNS(C)(=O)=O)C1. The van der Waals surface area contributed by atoms with Crippen LogP contribution in [0.25, 0.3) is 0 Å². The number of nitrogens with one attached hydrogen (secondary N) is 2. The lowest BCUT2D eigenvalue weighted by atomic mass is 9.87. The van der Waals surface area contributed by atoms with E-state index in [0.29, 0.717) is 5.92 Å². The van der Waals surface area contributed by atoms with Gasteiger partial charge in [-0.15, -0.1) is 0 Å². The van der Waals surface area contributed by atoms with Gasteiger partial charge in [-0.2, -0.15) is 0 Å². The van der Waals surface area contributed by atoms with Crippen LogP contribution >= 0.6 is 0 Å². The third kappa shape index (κ3) is 6.63. The van der Waals surface area contributed by atoms with Crippen LogP contribution in [0.2, 0.25) is 0 Å². The first-order chi connectivity index (χ1) is 7.87. The molecule has 0 aromatic carbocycles. The van der Waals surface area contributed by atoms with Crippen molar-refractivity contribution in [1.82, 2.24) is 10.0 Å². The van der Waals surface area contributed by atoms with Crippen molar-refractivity contribution in [3.8, 4) is 0 Å². The Bertz CT molecular complexity index is 354. The van der Waals surface area contributed by atoms with Crippen LogP contribution in [0.1, 0.15) is 39.0 Å². The number of hydrogen-bond acceptors (Lipinski definition) is 3. The van der Waals surface area contributed by atoms with Gasteiger partial charge in [-0.3, -0.25) is 4.79 Å². The van der Waals surface area contributed by atoms with Crippen molar-refractivity contribution in [2.75, 3.05) is 12.8 Å². The van der Waals surface area contributed by atoms with Crippen molar-refractivity contribution in [3.63, 3.8) is 0 Å². The quantitative estimate of drug-likeness (QED) is 0.762. The Labute approximate surface area is 103 Å². The smallest absolute Gasteiger partial charge is 0.221 e. The largest absolute Gasteiger partial charge is 0.353 e. The molecule has 0 spiro atoms. The highest BCUT2D eigenvalue weighted by Crippen LogP contribution is 2.23. The molecule has 2 atom stereocenters. The minimum absolute atomic E-state index is 0.0692. The highest BCUT2D eigenvalue weighted by molar-refractivity contribution is 7.88. The van der Waals surface area contributed by atoms with Crippen molar-refractivity contribution in [2.24, 2.45) is 5.92 Å². The van der Waals surface area contributed by atoms with Crippen molar-refractivity contribution >= 4 is 15.9 Å². The molecule has 0 aromatic rings. The topological polar surface area (TPSA) is 75.3 Å². The summed E-state index contributed by atoms with van der Waals surface area (Å²) in [6.45, 7) is 2.37. The third-order valence-corrected chi connectivity index (χ3v) is 3.75. The molecule has 100 valence electrons. The van der Waals surface area contributed by atoms with E-state index in [1.165, 1.54) is 6.42 Å². The van der Waals surface area contributed by atoms with Gasteiger partial charge < -0.3 is 5.32 Å². The lowest BCUT2D eigenvalue weighted by molar-refractivity contribution is -0.121. The van der Waals surface area contributed by atoms with E-state index in [0.717, 1.165) is 25.5 Å². The first kappa shape index (κ1) is 14.4. The zero-order chi connectivity index (χ0) is 12.9. The number of hydrogen-bond donors (Lipinski definition) is 2. The summed E-state index contributed by atoms with van der Waals surface area (Å²) < 4.78 is 23.9. The molecular weight excluding hydrogens is 240 g/mol. The Morgan fingerprint density at radius 3 is 2.65 bits per heavy atom. The predicted molar refractivity (Wildman–Crippen MR) is 67.0 cm³/mol. The standard InChI is InChI=1S/C11H22N2O3S/c1-9-4-3-5-10(8-9)13-11(14)6-7-12-17(2,15)16/h9-10,12H,3-8H2,1-2H3,(H,13,14)/t9-,10+/m0/s1. The molecule has 1 aliphatic rings. The van der Waals surface area contributed by atoms with Crippen LogP contribution in [0, 0.1) is 5.92 Å². The van der Waals surface area contributed by atoms with Crippen LogP contribution in [0.3, 0.4) is 0 Å². The van der Waals surface area contributed by atoms with E-state index < -0.39 is 10.0 Å². The summed E-state index contributed by atoms with van der Waals surface area (Å²) in [6.07, 6.45) is 5.77. The van der Waals surface area contributed by atoms with Gasteiger partial charge >= 0.3 is 0 Å². The van der Waals surface area contributed by atoms with E-state index >= 15 is 0 Å². The number of sulfonamides is 1. The number of carbonyl (C=O) groups excluding carboxylic acids is 1. The molecule has 1 saturated carbocycles. The summed E-state index contributed by atoms with van der Waals surface area (Å²) in [5, 5.41) is 2.96. The van der Waals surface area contributed by atoms with Gasteiger partial charge in [-0.05, 0) is 18.8 Å². The second-order valence-electron chi connectivity index (χ2n) is 4.95. The summed E-state index contributed by atoms with van der Waals surface area (Å²) >= 11 is 0. The number of carbonyl (C=O) groups is 1. The van der Waals surface area contributed by atoms with E-state index in [2.05, 4.69) is 17.0 Å². The first-order valence-corrected chi connectivity index (χ1v) is 8.00. The molecule has 2 N–H and O–H groups in total. The molecule has 6 heteroatoms. The molecule has 1 amide bonds. The fraction of sp³-hybridized carbons (Fsp3) is 0.909. The van der Waals surface area contributed by atoms with Crippen LogP contribution in [-0.2, 0) is 14.8 Å². The van der Waals surface area contributed by atoms with Crippen LogP contribution in [0.4, 0.5) is 0 Å². The van der Waals surface area contributed by atoms with Gasteiger partial charge in [0.1, 0.15) is 0 Å². The highest BCUT2D eigenvalue weighted by Gasteiger charge is 2.20. The predicted octanol–water partition coefficient (Wildman–Crippen LogP) is 0.621. The average molecular weight is 262 g/mol. The fourth-order valence-electron chi connectivity index (χ4n) is 2.22. The van der Waals surface area contributed by atoms with E-state index in [-0.39, 0.29) is 24.9 Å². The Morgan fingerprint density at radius 1 is 1.35 bits per heavy atom. The maximum atomic E-state index is 11.6. The molecule has 0 aromatic heterocycles. The van der Waals surface area contributed by atoms with Crippen LogP contribution < -0.4 is 10.0 Å². The van der Waals surface area contributed by atoms with Crippen LogP contribution in [0.15, 0.2) is 0 Å². The van der Waals surface area contributed by atoms with Crippen molar-refractivity contribution in [2.45, 2.75) is 45.1 Å². The monoisotopic (exact) mass is 262 g/mol. The summed E-state index contributed by atoms with van der Waals surface area (Å²) in [7, 11) is -3.19. The zero-order valence-electron chi connectivity index (χ0n) is 10.5. The molecule has 0 aliphatic heterocycles. The maximum absolute atomic E-state index is 11.6. The third-order valence-electron chi connectivity index (χ3n) is 3.02. The zero-order valence-corrected chi connectivity index (χ0v) is 11.3. The molecule has 0 bridgehead atoms. The molecule has 1 rings (SSSR count). The van der Waals surface area contributed by atoms with Gasteiger partial charge in [0.15, 0.2) is 0 Å². The molecule has 5 nitrogen and oxygen atoms in total. The molecule has 0 radical (unpaired) electrons. The summed E-state index contributed by atoms with van der Waals surface area (Å²) in [6, 6.07) is 0.268. The van der Waals surface area contributed by atoms with Crippen molar-refractivity contribution in [1.29, 1.82) is 0 Å². The van der Waals surface area contributed by atoms with E-state index in [1.807, 2.05) is 0 Å². The Hall–Kier alpha value is -0.620. The molecule has 1 aliphatic carbocycles. The lowest BCUT2D eigenvalue weighted by Crippen LogP contribution is -2.39. The van der Waals surface area contributed by atoms with E-state index in [9.17, 15) is 13.2 Å². The van der Waals surface area contributed by atoms with E-state index in [4.69, 9.17) is 0 Å². The summed E-state index contributed by atoms with van der Waals surface area (Å²) in [5.41, 5.74) is 0. The second kappa shape index (κ2) is 6.35. The minimum Gasteiger partial charge on any atom is -0.353 e. The molecule has 17 heavy (non-hydrogen) atoms. The Kier molecular flexibility index (Phi) is 5.39. The van der Waals surface area contributed by atoms with Gasteiger partial charge in [0.25, 0.3) is 0 Å². The Balaban J connectivity index is 2.20. The molecule has 0 heterocycles. The Morgan fingerprint density at radius 2 is 2.06 bits per heavy atom. The average Bonchev–Trinajstić information content (AvgIpc) is 2.15. The lowest BCUT2D eigenvalue weighted by Gasteiger charge is -2.27. The molecular formula is C11H22N2O3S. The van der Waals surface area contributed by atoms with Gasteiger partial charge in [0.2, 0.25) is 15.9 Å². The number of rotatable bonds is 5. The summed E-state index contributed by atoms with van der Waals surface area (Å²) in [4.78, 5) is 11.6. The van der Waals surface area contributed by atoms with E-state index in [1.54, 1.807) is 0 Å². The number of amides is 1. The van der Waals surface area contributed by atoms with Crippen molar-refractivity contribution < 1.29 is 13.2 Å². The summed E-state index contributed by atoms with van der Waals surface area (Å²) in [5.74, 6) is 0.600. The van der Waals surface area contributed by atoms with Gasteiger partial charge in [-0.25, -0.2) is 13.1 Å². The minimum atomic E-state index is -3.19. The van der Waals surface area contributed by atoms with Crippen LogP contribution in [0.5, 0.6) is 0 Å². The molecule has 0 saturated heterocycles. The second-order valence-corrected chi connectivity index (χ2v) is 6.79. The molecule has 0 unspecified atom stereocenters. The van der Waals surface area contributed by atoms with Gasteiger partial charge in [0.05, 0.1) is 6.26 Å².